The fourth-order valence-corrected chi connectivity index (χ4v) is 3.56. The van der Waals surface area contributed by atoms with Crippen molar-refractivity contribution in [3.63, 3.8) is 0 Å². The van der Waals surface area contributed by atoms with Crippen LogP contribution in [0.4, 0.5) is 0 Å². The summed E-state index contributed by atoms with van der Waals surface area (Å²) in [5.74, 6) is 1.18. The molecule has 38 heavy (non-hydrogen) atoms. The molecule has 0 saturated heterocycles. The Morgan fingerprint density at radius 1 is 0.632 bits per heavy atom. The number of carbonyl (C=O) groups excluding carboxylic acids is 1. The van der Waals surface area contributed by atoms with E-state index in [-0.39, 0.29) is 12.6 Å². The number of ether oxygens (including phenoxy) is 6. The van der Waals surface area contributed by atoms with Gasteiger partial charge in [-0.3, -0.25) is 0 Å². The van der Waals surface area contributed by atoms with Crippen molar-refractivity contribution in [2.24, 2.45) is 0 Å². The second-order valence-electron chi connectivity index (χ2n) is 8.01. The maximum atomic E-state index is 8.00. The van der Waals surface area contributed by atoms with Gasteiger partial charge >= 0.3 is 0 Å². The molecular formula is C29H36N2O7. The number of methoxy groups -OCH3 is 4. The van der Waals surface area contributed by atoms with Crippen molar-refractivity contribution in [1.29, 1.82) is 0 Å². The number of para-hydroxylation sites is 2. The zero-order valence-electron chi connectivity index (χ0n) is 22.8. The van der Waals surface area contributed by atoms with Crippen LogP contribution < -0.4 is 9.47 Å². The Bertz CT molecular complexity index is 1160. The van der Waals surface area contributed by atoms with E-state index in [2.05, 4.69) is 22.1 Å². The average molecular weight is 525 g/mol. The third-order valence-electron chi connectivity index (χ3n) is 5.59. The molecule has 0 N–H and O–H groups in total. The van der Waals surface area contributed by atoms with Crippen LogP contribution in [0.3, 0.4) is 0 Å². The summed E-state index contributed by atoms with van der Waals surface area (Å²) in [6.45, 7) is 6.72. The minimum Gasteiger partial charge on any atom is -0.472 e. The Morgan fingerprint density at radius 3 is 1.32 bits per heavy atom. The molecule has 2 aromatic carbocycles. The summed E-state index contributed by atoms with van der Waals surface area (Å²) in [7, 11) is 6.32. The SMILES string of the molecule is C=O.COC(COc1cc(C)c2ccccc2n1)OC.COC(COc1cc(C)c2ccccc2n1)OC. The molecule has 0 fully saturated rings. The van der Waals surface area contributed by atoms with Crippen LogP contribution in [0.15, 0.2) is 60.7 Å². The number of nitrogens with zero attached hydrogens (tertiary/aromatic N) is 2. The van der Waals surface area contributed by atoms with E-state index in [0.717, 1.165) is 32.9 Å². The molecule has 0 radical (unpaired) electrons. The number of aromatic nitrogens is 2. The summed E-state index contributed by atoms with van der Waals surface area (Å²) in [5, 5.41) is 2.28. The number of rotatable bonds is 10. The third-order valence-corrected chi connectivity index (χ3v) is 5.59. The Morgan fingerprint density at radius 2 is 0.974 bits per heavy atom. The van der Waals surface area contributed by atoms with Crippen LogP contribution in [0.25, 0.3) is 21.8 Å². The lowest BCUT2D eigenvalue weighted by Crippen LogP contribution is -2.22. The Hall–Kier alpha value is -3.63. The summed E-state index contributed by atoms with van der Waals surface area (Å²) < 4.78 is 31.4. The highest BCUT2D eigenvalue weighted by molar-refractivity contribution is 5.83. The molecule has 0 spiro atoms. The topological polar surface area (TPSA) is 98.2 Å². The van der Waals surface area contributed by atoms with E-state index in [0.29, 0.717) is 25.0 Å². The molecule has 4 aromatic rings. The van der Waals surface area contributed by atoms with E-state index in [4.69, 9.17) is 33.2 Å². The van der Waals surface area contributed by atoms with Gasteiger partial charge in [-0.15, -0.1) is 0 Å². The van der Waals surface area contributed by atoms with E-state index < -0.39 is 0 Å². The molecular weight excluding hydrogens is 488 g/mol. The van der Waals surface area contributed by atoms with Crippen LogP contribution in [0, 0.1) is 13.8 Å². The first-order valence-electron chi connectivity index (χ1n) is 11.9. The Labute approximate surface area is 223 Å². The molecule has 2 heterocycles. The first-order valence-corrected chi connectivity index (χ1v) is 11.9. The molecule has 0 aliphatic heterocycles. The molecule has 204 valence electrons. The number of hydrogen-bond acceptors (Lipinski definition) is 9. The van der Waals surface area contributed by atoms with Gasteiger partial charge in [0.05, 0.1) is 11.0 Å². The van der Waals surface area contributed by atoms with E-state index in [1.165, 1.54) is 0 Å². The fraction of sp³-hybridized carbons (Fsp3) is 0.345. The largest absolute Gasteiger partial charge is 0.472 e. The fourth-order valence-electron chi connectivity index (χ4n) is 3.56. The smallest absolute Gasteiger partial charge is 0.214 e. The van der Waals surface area contributed by atoms with Crippen LogP contribution in [0.5, 0.6) is 11.8 Å². The van der Waals surface area contributed by atoms with Gasteiger partial charge in [0, 0.05) is 51.3 Å². The highest BCUT2D eigenvalue weighted by Crippen LogP contribution is 2.22. The monoisotopic (exact) mass is 524 g/mol. The van der Waals surface area contributed by atoms with Gasteiger partial charge in [-0.05, 0) is 37.1 Å². The van der Waals surface area contributed by atoms with Gasteiger partial charge < -0.3 is 33.2 Å². The summed E-state index contributed by atoms with van der Waals surface area (Å²) in [6, 6.07) is 19.8. The van der Waals surface area contributed by atoms with Gasteiger partial charge in [-0.25, -0.2) is 9.97 Å². The van der Waals surface area contributed by atoms with E-state index in [9.17, 15) is 0 Å². The minimum absolute atomic E-state index is 0.317. The van der Waals surface area contributed by atoms with Crippen molar-refractivity contribution in [2.75, 3.05) is 41.7 Å². The Balaban J connectivity index is 0.000000251. The number of carbonyl (C=O) groups is 1. The van der Waals surface area contributed by atoms with Crippen molar-refractivity contribution in [1.82, 2.24) is 9.97 Å². The van der Waals surface area contributed by atoms with Crippen molar-refractivity contribution in [3.8, 4) is 11.8 Å². The van der Waals surface area contributed by atoms with E-state index >= 15 is 0 Å². The predicted molar refractivity (Wildman–Crippen MR) is 147 cm³/mol. The first-order chi connectivity index (χ1) is 18.5. The van der Waals surface area contributed by atoms with Crippen molar-refractivity contribution in [2.45, 2.75) is 26.4 Å². The standard InChI is InChI=1S/2C14H17NO3.CH2O/c2*1-10-8-13(18-9-14(16-2)17-3)15-12-7-5-4-6-11(10)12;1-2/h2*4-8,14H,9H2,1-3H3;1H2. The summed E-state index contributed by atoms with van der Waals surface area (Å²) >= 11 is 0. The minimum atomic E-state index is -0.376. The van der Waals surface area contributed by atoms with Crippen molar-refractivity contribution < 1.29 is 33.2 Å². The summed E-state index contributed by atoms with van der Waals surface area (Å²) in [5.41, 5.74) is 4.14. The first kappa shape index (κ1) is 30.6. The van der Waals surface area contributed by atoms with Gasteiger partial charge in [0.15, 0.2) is 12.6 Å². The molecule has 9 heteroatoms. The second kappa shape index (κ2) is 16.3. The van der Waals surface area contributed by atoms with Gasteiger partial charge in [0.25, 0.3) is 0 Å². The van der Waals surface area contributed by atoms with Gasteiger partial charge in [0.2, 0.25) is 11.8 Å². The van der Waals surface area contributed by atoms with E-state index in [1.807, 2.05) is 69.2 Å². The summed E-state index contributed by atoms with van der Waals surface area (Å²) in [6.07, 6.45) is -0.753. The average Bonchev–Trinajstić information content (AvgIpc) is 2.96. The van der Waals surface area contributed by atoms with Gasteiger partial charge in [-0.1, -0.05) is 36.4 Å². The second-order valence-corrected chi connectivity index (χ2v) is 8.01. The lowest BCUT2D eigenvalue weighted by Gasteiger charge is -2.14. The number of benzene rings is 2. The molecule has 0 atom stereocenters. The van der Waals surface area contributed by atoms with E-state index in [1.54, 1.807) is 28.4 Å². The van der Waals surface area contributed by atoms with Gasteiger partial charge in [-0.2, -0.15) is 0 Å². The molecule has 0 unspecified atom stereocenters. The van der Waals surface area contributed by atoms with Crippen LogP contribution in [0.1, 0.15) is 11.1 Å². The lowest BCUT2D eigenvalue weighted by molar-refractivity contribution is -0.122. The number of pyridine rings is 2. The highest BCUT2D eigenvalue weighted by atomic mass is 16.7. The molecule has 0 amide bonds. The van der Waals surface area contributed by atoms with Crippen LogP contribution in [-0.4, -0.2) is 71.0 Å². The van der Waals surface area contributed by atoms with Crippen molar-refractivity contribution >= 4 is 28.6 Å². The number of aryl methyl sites for hydroxylation is 2. The zero-order valence-corrected chi connectivity index (χ0v) is 22.8. The molecule has 4 rings (SSSR count). The van der Waals surface area contributed by atoms with Gasteiger partial charge in [0.1, 0.15) is 20.0 Å². The zero-order chi connectivity index (χ0) is 27.9. The quantitative estimate of drug-likeness (QED) is 0.268. The number of fused-ring (bicyclic) bond motifs is 2. The molecule has 0 bridgehead atoms. The normalized spacial score (nSPS) is 10.6. The summed E-state index contributed by atoms with van der Waals surface area (Å²) in [4.78, 5) is 16.9. The molecule has 2 aromatic heterocycles. The predicted octanol–water partition coefficient (Wildman–Crippen LogP) is 4.90. The van der Waals surface area contributed by atoms with Crippen molar-refractivity contribution in [3.05, 3.63) is 71.8 Å². The molecule has 0 aliphatic rings. The van der Waals surface area contributed by atoms with Crippen LogP contribution in [-0.2, 0) is 23.7 Å². The van der Waals surface area contributed by atoms with Crippen LogP contribution in [0.2, 0.25) is 0 Å². The number of hydrogen-bond donors (Lipinski definition) is 0. The maximum absolute atomic E-state index is 8.00. The third kappa shape index (κ3) is 8.74. The Kier molecular flexibility index (Phi) is 13.1. The van der Waals surface area contributed by atoms with Crippen LogP contribution >= 0.6 is 0 Å². The lowest BCUT2D eigenvalue weighted by atomic mass is 10.1. The molecule has 0 aliphatic carbocycles. The molecule has 9 nitrogen and oxygen atoms in total. The maximum Gasteiger partial charge on any atom is 0.214 e. The highest BCUT2D eigenvalue weighted by Gasteiger charge is 2.09. The molecule has 0 saturated carbocycles.